The Labute approximate surface area is 234 Å². The zero-order valence-corrected chi connectivity index (χ0v) is 23.2. The molecule has 9 nitrogen and oxygen atoms in total. The summed E-state index contributed by atoms with van der Waals surface area (Å²) < 4.78 is 53.2. The maximum atomic E-state index is 15.3. The first-order chi connectivity index (χ1) is 19.2. The van der Waals surface area contributed by atoms with Gasteiger partial charge in [-0.05, 0) is 47.1 Å². The third kappa shape index (κ3) is 5.69. The van der Waals surface area contributed by atoms with Crippen LogP contribution in [0.1, 0.15) is 75.8 Å². The molecule has 1 aliphatic rings. The van der Waals surface area contributed by atoms with E-state index in [-0.39, 0.29) is 29.2 Å². The van der Waals surface area contributed by atoms with Crippen LogP contribution in [0.2, 0.25) is 0 Å². The molecule has 0 spiro atoms. The van der Waals surface area contributed by atoms with Gasteiger partial charge in [0.2, 0.25) is 0 Å². The van der Waals surface area contributed by atoms with Crippen molar-refractivity contribution in [3.8, 4) is 16.9 Å². The number of para-hydroxylation sites is 1. The number of alkyl halides is 2. The minimum absolute atomic E-state index is 0.00331. The van der Waals surface area contributed by atoms with E-state index in [0.29, 0.717) is 22.5 Å². The summed E-state index contributed by atoms with van der Waals surface area (Å²) >= 11 is 0. The van der Waals surface area contributed by atoms with E-state index >= 15 is 4.39 Å². The molecule has 1 aromatic carbocycles. The number of carbonyl (C=O) groups excluding carboxylic acids is 1. The van der Waals surface area contributed by atoms with Gasteiger partial charge in [-0.3, -0.25) is 0 Å². The van der Waals surface area contributed by atoms with E-state index in [1.165, 1.54) is 30.7 Å². The molecule has 2 N–H and O–H groups in total. The van der Waals surface area contributed by atoms with E-state index < -0.39 is 41.7 Å². The Balaban J connectivity index is 1.50. The van der Waals surface area contributed by atoms with Crippen molar-refractivity contribution in [2.24, 2.45) is 0 Å². The minimum atomic E-state index is -3.02. The van der Waals surface area contributed by atoms with E-state index in [4.69, 9.17) is 9.47 Å². The molecule has 3 heterocycles. The van der Waals surface area contributed by atoms with Gasteiger partial charge in [-0.25, -0.2) is 24.1 Å². The third-order valence-corrected chi connectivity index (χ3v) is 6.73. The van der Waals surface area contributed by atoms with Crippen LogP contribution in [0.4, 0.5) is 18.0 Å². The van der Waals surface area contributed by atoms with Crippen LogP contribution in [0, 0.1) is 5.82 Å². The van der Waals surface area contributed by atoms with Gasteiger partial charge in [0.15, 0.2) is 5.82 Å². The standard InChI is InChI=1S/C29H30F3N5O4/c1-28(2,3)41-27(39)36-29(4,5)25-33-12-15(13-34-25)18-14-37-22(11-19(18)30)35-23-20(38)10-17(24(23)37)16-8-6-7-9-21(16)40-26(31)32/h6-9,11-14,17,20,26,38H,10H2,1-5H3,(H,36,39). The molecular formula is C29H30F3N5O4. The number of nitrogens with zero attached hydrogens (tertiary/aromatic N) is 4. The second-order valence-electron chi connectivity index (χ2n) is 11.4. The smallest absolute Gasteiger partial charge is 0.408 e. The van der Waals surface area contributed by atoms with Crippen LogP contribution in [0.15, 0.2) is 48.9 Å². The van der Waals surface area contributed by atoms with Gasteiger partial charge in [0, 0.05) is 47.3 Å². The van der Waals surface area contributed by atoms with E-state index in [9.17, 15) is 18.7 Å². The van der Waals surface area contributed by atoms with Crippen LogP contribution in [0.3, 0.4) is 0 Å². The number of pyridine rings is 1. The van der Waals surface area contributed by atoms with Crippen LogP contribution in [-0.2, 0) is 10.3 Å². The fraction of sp³-hybridized carbons (Fsp3) is 0.379. The number of ether oxygens (including phenoxy) is 2. The Kier molecular flexibility index (Phi) is 7.14. The number of carbonyl (C=O) groups is 1. The van der Waals surface area contributed by atoms with Crippen LogP contribution in [-0.4, -0.2) is 42.8 Å². The van der Waals surface area contributed by atoms with Crippen LogP contribution >= 0.6 is 0 Å². The summed E-state index contributed by atoms with van der Waals surface area (Å²) in [7, 11) is 0. The highest BCUT2D eigenvalue weighted by Gasteiger charge is 2.38. The molecule has 1 amide bonds. The highest BCUT2D eigenvalue weighted by molar-refractivity contribution is 5.69. The monoisotopic (exact) mass is 569 g/mol. The maximum absolute atomic E-state index is 15.3. The van der Waals surface area contributed by atoms with Crippen molar-refractivity contribution in [1.29, 1.82) is 0 Å². The predicted octanol–water partition coefficient (Wildman–Crippen LogP) is 5.86. The van der Waals surface area contributed by atoms with Gasteiger partial charge in [-0.1, -0.05) is 18.2 Å². The molecule has 216 valence electrons. The highest BCUT2D eigenvalue weighted by Crippen LogP contribution is 2.47. The summed E-state index contributed by atoms with van der Waals surface area (Å²) in [4.78, 5) is 25.5. The Bertz CT molecular complexity index is 1600. The van der Waals surface area contributed by atoms with Gasteiger partial charge in [0.25, 0.3) is 0 Å². The van der Waals surface area contributed by atoms with Crippen molar-refractivity contribution in [1.82, 2.24) is 24.7 Å². The molecular weight excluding hydrogens is 539 g/mol. The molecule has 5 rings (SSSR count). The lowest BCUT2D eigenvalue weighted by Crippen LogP contribution is -2.44. The Hall–Kier alpha value is -4.19. The van der Waals surface area contributed by atoms with E-state index in [0.717, 1.165) is 0 Å². The largest absolute Gasteiger partial charge is 0.444 e. The molecule has 2 atom stereocenters. The summed E-state index contributed by atoms with van der Waals surface area (Å²) in [5.74, 6) is -0.829. The Morgan fingerprint density at radius 3 is 2.49 bits per heavy atom. The first kappa shape index (κ1) is 28.3. The van der Waals surface area contributed by atoms with Crippen LogP contribution < -0.4 is 10.1 Å². The van der Waals surface area contributed by atoms with Crippen LogP contribution in [0.5, 0.6) is 5.75 Å². The first-order valence-electron chi connectivity index (χ1n) is 13.0. The highest BCUT2D eigenvalue weighted by atomic mass is 19.3. The molecule has 12 heteroatoms. The molecule has 1 aliphatic carbocycles. The SMILES string of the molecule is CC(C)(C)OC(=O)NC(C)(C)c1ncc(-c2cn3c4c(nc3cc2F)C(O)CC4c2ccccc2OC(F)F)cn1. The lowest BCUT2D eigenvalue weighted by atomic mass is 9.95. The van der Waals surface area contributed by atoms with Gasteiger partial charge in [0.1, 0.15) is 22.8 Å². The first-order valence-corrected chi connectivity index (χ1v) is 13.0. The van der Waals surface area contributed by atoms with Gasteiger partial charge in [-0.2, -0.15) is 8.78 Å². The number of halogens is 3. The lowest BCUT2D eigenvalue weighted by molar-refractivity contribution is -0.0506. The topological polar surface area (TPSA) is 111 Å². The molecule has 2 unspecified atom stereocenters. The number of aromatic nitrogens is 4. The number of rotatable bonds is 6. The Morgan fingerprint density at radius 2 is 1.83 bits per heavy atom. The molecule has 0 saturated heterocycles. The number of nitrogens with one attached hydrogen (secondary N) is 1. The van der Waals surface area contributed by atoms with E-state index in [1.54, 1.807) is 57.2 Å². The number of imidazole rings is 1. The zero-order valence-electron chi connectivity index (χ0n) is 23.2. The van der Waals surface area contributed by atoms with Crippen molar-refractivity contribution in [3.05, 3.63) is 77.5 Å². The van der Waals surface area contributed by atoms with Gasteiger partial charge >= 0.3 is 12.7 Å². The molecule has 0 fully saturated rings. The third-order valence-electron chi connectivity index (χ3n) is 6.73. The summed E-state index contributed by atoms with van der Waals surface area (Å²) in [5.41, 5.74) is 0.491. The van der Waals surface area contributed by atoms with Crippen molar-refractivity contribution in [2.45, 2.75) is 70.8 Å². The number of aliphatic hydroxyl groups excluding tert-OH is 1. The predicted molar refractivity (Wildman–Crippen MR) is 143 cm³/mol. The lowest BCUT2D eigenvalue weighted by Gasteiger charge is -2.27. The summed E-state index contributed by atoms with van der Waals surface area (Å²) in [6.07, 6.45) is 3.02. The minimum Gasteiger partial charge on any atom is -0.444 e. The van der Waals surface area contributed by atoms with Gasteiger partial charge in [-0.15, -0.1) is 0 Å². The number of aliphatic hydroxyl groups is 1. The number of amides is 1. The number of hydrogen-bond acceptors (Lipinski definition) is 7. The van der Waals surface area contributed by atoms with Crippen LogP contribution in [0.25, 0.3) is 16.8 Å². The summed E-state index contributed by atoms with van der Waals surface area (Å²) in [6.45, 7) is 5.68. The molecule has 0 bridgehead atoms. The average molecular weight is 570 g/mol. The van der Waals surface area contributed by atoms with Gasteiger partial charge in [0.05, 0.1) is 23.0 Å². The van der Waals surface area contributed by atoms with Crippen molar-refractivity contribution in [3.63, 3.8) is 0 Å². The fourth-order valence-electron chi connectivity index (χ4n) is 5.00. The average Bonchev–Trinajstić information content (AvgIpc) is 3.38. The normalized spacial score (nSPS) is 17.1. The maximum Gasteiger partial charge on any atom is 0.408 e. The number of benzene rings is 1. The van der Waals surface area contributed by atoms with Crippen molar-refractivity contribution in [2.75, 3.05) is 0 Å². The molecule has 0 radical (unpaired) electrons. The zero-order chi connectivity index (χ0) is 29.7. The van der Waals surface area contributed by atoms with Crippen molar-refractivity contribution >= 4 is 11.7 Å². The number of alkyl carbamates (subject to hydrolysis) is 1. The van der Waals surface area contributed by atoms with Gasteiger partial charge < -0.3 is 24.3 Å². The second kappa shape index (κ2) is 10.3. The fourth-order valence-corrected chi connectivity index (χ4v) is 5.00. The quantitative estimate of drug-likeness (QED) is 0.299. The Morgan fingerprint density at radius 1 is 1.15 bits per heavy atom. The molecule has 41 heavy (non-hydrogen) atoms. The van der Waals surface area contributed by atoms with E-state index in [1.807, 2.05) is 0 Å². The van der Waals surface area contributed by atoms with Crippen molar-refractivity contribution < 1.29 is 32.5 Å². The summed E-state index contributed by atoms with van der Waals surface area (Å²) in [6, 6.07) is 7.63. The molecule has 4 aromatic rings. The van der Waals surface area contributed by atoms with E-state index in [2.05, 4.69) is 20.3 Å². The molecule has 0 saturated carbocycles. The second-order valence-corrected chi connectivity index (χ2v) is 11.4. The number of hydrogen-bond donors (Lipinski definition) is 2. The number of fused-ring (bicyclic) bond motifs is 3. The molecule has 3 aromatic heterocycles. The summed E-state index contributed by atoms with van der Waals surface area (Å²) in [5, 5.41) is 13.5. The molecule has 0 aliphatic heterocycles.